The molecule has 0 unspecified atom stereocenters. The Morgan fingerprint density at radius 2 is 2.00 bits per heavy atom. The van der Waals surface area contributed by atoms with Crippen LogP contribution in [0.25, 0.3) is 6.08 Å². The Labute approximate surface area is 92.1 Å². The van der Waals surface area contributed by atoms with Crippen molar-refractivity contribution in [1.29, 1.82) is 0 Å². The lowest BCUT2D eigenvalue weighted by atomic mass is 10.3. The van der Waals surface area contributed by atoms with E-state index in [1.807, 2.05) is 43.9 Å². The SMILES string of the molecule is CCOP(/C=C/c1ccccn1)OCC. The quantitative estimate of drug-likeness (QED) is 0.695. The molecule has 0 saturated carbocycles. The Bertz CT molecular complexity index is 284. The van der Waals surface area contributed by atoms with Crippen LogP contribution in [-0.4, -0.2) is 18.2 Å². The molecule has 0 N–H and O–H groups in total. The highest BCUT2D eigenvalue weighted by Crippen LogP contribution is 2.39. The number of nitrogens with zero attached hydrogens (tertiary/aromatic N) is 1. The molecule has 0 bridgehead atoms. The second-order valence-electron chi connectivity index (χ2n) is 2.69. The van der Waals surface area contributed by atoms with Crippen molar-refractivity contribution in [1.82, 2.24) is 4.98 Å². The molecule has 0 aliphatic heterocycles. The fourth-order valence-electron chi connectivity index (χ4n) is 0.990. The summed E-state index contributed by atoms with van der Waals surface area (Å²) < 4.78 is 10.9. The van der Waals surface area contributed by atoms with Gasteiger partial charge in [0.15, 0.2) is 8.38 Å². The van der Waals surface area contributed by atoms with E-state index in [1.165, 1.54) is 0 Å². The van der Waals surface area contributed by atoms with Crippen molar-refractivity contribution in [2.24, 2.45) is 0 Å². The summed E-state index contributed by atoms with van der Waals surface area (Å²) in [6, 6.07) is 5.80. The van der Waals surface area contributed by atoms with Gasteiger partial charge in [0.25, 0.3) is 0 Å². The molecule has 1 aromatic rings. The third kappa shape index (κ3) is 5.03. The van der Waals surface area contributed by atoms with Crippen molar-refractivity contribution in [3.05, 3.63) is 35.9 Å². The molecular weight excluding hydrogens is 209 g/mol. The zero-order valence-corrected chi connectivity index (χ0v) is 9.98. The molecule has 0 fully saturated rings. The van der Waals surface area contributed by atoms with Gasteiger partial charge in [-0.2, -0.15) is 0 Å². The summed E-state index contributed by atoms with van der Waals surface area (Å²) in [4.78, 5) is 4.18. The van der Waals surface area contributed by atoms with Crippen LogP contribution in [0, 0.1) is 0 Å². The van der Waals surface area contributed by atoms with Gasteiger partial charge < -0.3 is 9.05 Å². The van der Waals surface area contributed by atoms with Gasteiger partial charge >= 0.3 is 0 Å². The second-order valence-corrected chi connectivity index (χ2v) is 4.08. The van der Waals surface area contributed by atoms with E-state index < -0.39 is 8.38 Å². The lowest BCUT2D eigenvalue weighted by Crippen LogP contribution is -1.87. The number of pyridine rings is 1. The Kier molecular flexibility index (Phi) is 6.17. The lowest BCUT2D eigenvalue weighted by molar-refractivity contribution is 0.277. The minimum absolute atomic E-state index is 0.665. The molecule has 0 saturated heterocycles. The second kappa shape index (κ2) is 7.52. The van der Waals surface area contributed by atoms with Crippen LogP contribution in [0.1, 0.15) is 19.5 Å². The van der Waals surface area contributed by atoms with Crippen molar-refractivity contribution < 1.29 is 9.05 Å². The first-order valence-electron chi connectivity index (χ1n) is 5.01. The fourth-order valence-corrected chi connectivity index (χ4v) is 2.02. The molecule has 3 nitrogen and oxygen atoms in total. The molecule has 1 aromatic heterocycles. The van der Waals surface area contributed by atoms with Crippen LogP contribution in [0.4, 0.5) is 0 Å². The Morgan fingerprint density at radius 1 is 1.27 bits per heavy atom. The highest BCUT2D eigenvalue weighted by Gasteiger charge is 2.02. The summed E-state index contributed by atoms with van der Waals surface area (Å²) >= 11 is 0. The first kappa shape index (κ1) is 12.3. The summed E-state index contributed by atoms with van der Waals surface area (Å²) in [5.74, 6) is 1.94. The average Bonchev–Trinajstić information content (AvgIpc) is 2.28. The van der Waals surface area contributed by atoms with Gasteiger partial charge in [0.05, 0.1) is 18.9 Å². The van der Waals surface area contributed by atoms with Crippen molar-refractivity contribution in [2.75, 3.05) is 13.2 Å². The maximum atomic E-state index is 5.43. The van der Waals surface area contributed by atoms with Crippen LogP contribution in [0.5, 0.6) is 0 Å². The van der Waals surface area contributed by atoms with Crippen LogP contribution < -0.4 is 0 Å². The summed E-state index contributed by atoms with van der Waals surface area (Å²) in [5, 5.41) is 0. The zero-order valence-electron chi connectivity index (χ0n) is 9.09. The minimum atomic E-state index is -0.905. The minimum Gasteiger partial charge on any atom is -0.331 e. The molecule has 0 spiro atoms. The lowest BCUT2D eigenvalue weighted by Gasteiger charge is -2.10. The molecule has 82 valence electrons. The molecular formula is C11H16NO2P. The van der Waals surface area contributed by atoms with Crippen LogP contribution in [-0.2, 0) is 9.05 Å². The van der Waals surface area contributed by atoms with E-state index in [1.54, 1.807) is 6.20 Å². The topological polar surface area (TPSA) is 31.4 Å². The highest BCUT2D eigenvalue weighted by atomic mass is 31.2. The monoisotopic (exact) mass is 225 g/mol. The standard InChI is InChI=1S/C11H16NO2P/c1-3-13-15(14-4-2)10-8-11-7-5-6-9-12-11/h5-10H,3-4H2,1-2H3/b10-8+. The fraction of sp³-hybridized carbons (Fsp3) is 0.364. The van der Waals surface area contributed by atoms with Gasteiger partial charge in [-0.15, -0.1) is 0 Å². The summed E-state index contributed by atoms with van der Waals surface area (Å²) in [6.07, 6.45) is 3.69. The van der Waals surface area contributed by atoms with E-state index in [2.05, 4.69) is 4.98 Å². The Hall–Kier alpha value is -0.760. The first-order valence-corrected chi connectivity index (χ1v) is 6.25. The van der Waals surface area contributed by atoms with Crippen molar-refractivity contribution in [3.63, 3.8) is 0 Å². The Balaban J connectivity index is 2.53. The molecule has 1 rings (SSSR count). The molecule has 0 radical (unpaired) electrons. The zero-order chi connectivity index (χ0) is 10.9. The third-order valence-electron chi connectivity index (χ3n) is 1.57. The van der Waals surface area contributed by atoms with Gasteiger partial charge in [-0.3, -0.25) is 4.98 Å². The normalized spacial score (nSPS) is 11.4. The molecule has 0 aromatic carbocycles. The van der Waals surface area contributed by atoms with E-state index in [9.17, 15) is 0 Å². The smallest absolute Gasteiger partial charge is 0.197 e. The molecule has 0 amide bonds. The largest absolute Gasteiger partial charge is 0.331 e. The van der Waals surface area contributed by atoms with Crippen molar-refractivity contribution in [3.8, 4) is 0 Å². The molecule has 0 aliphatic rings. The van der Waals surface area contributed by atoms with E-state index in [0.717, 1.165) is 5.69 Å². The first-order chi connectivity index (χ1) is 7.36. The Morgan fingerprint density at radius 3 is 2.53 bits per heavy atom. The summed E-state index contributed by atoms with van der Waals surface area (Å²) in [7, 11) is -0.905. The molecule has 4 heteroatoms. The number of hydrogen-bond donors (Lipinski definition) is 0. The third-order valence-corrected chi connectivity index (χ3v) is 2.99. The predicted octanol–water partition coefficient (Wildman–Crippen LogP) is 3.44. The number of aromatic nitrogens is 1. The number of rotatable bonds is 6. The molecule has 0 aliphatic carbocycles. The summed E-state index contributed by atoms with van der Waals surface area (Å²) in [5.41, 5.74) is 0.921. The van der Waals surface area contributed by atoms with Crippen LogP contribution in [0.3, 0.4) is 0 Å². The van der Waals surface area contributed by atoms with E-state index in [4.69, 9.17) is 9.05 Å². The van der Waals surface area contributed by atoms with Gasteiger partial charge in [-0.1, -0.05) is 6.07 Å². The van der Waals surface area contributed by atoms with Crippen LogP contribution in [0.2, 0.25) is 0 Å². The van der Waals surface area contributed by atoms with Gasteiger partial charge in [-0.05, 0) is 37.9 Å². The van der Waals surface area contributed by atoms with Crippen molar-refractivity contribution >= 4 is 14.5 Å². The van der Waals surface area contributed by atoms with Gasteiger partial charge in [-0.25, -0.2) is 0 Å². The molecule has 1 heterocycles. The average molecular weight is 225 g/mol. The maximum absolute atomic E-state index is 5.43. The predicted molar refractivity (Wildman–Crippen MR) is 63.4 cm³/mol. The molecule has 0 atom stereocenters. The summed E-state index contributed by atoms with van der Waals surface area (Å²) in [6.45, 7) is 5.25. The van der Waals surface area contributed by atoms with Crippen LogP contribution >= 0.6 is 8.38 Å². The van der Waals surface area contributed by atoms with E-state index in [0.29, 0.717) is 13.2 Å². The van der Waals surface area contributed by atoms with Gasteiger partial charge in [0, 0.05) is 6.20 Å². The molecule has 15 heavy (non-hydrogen) atoms. The van der Waals surface area contributed by atoms with Gasteiger partial charge in [0.2, 0.25) is 0 Å². The van der Waals surface area contributed by atoms with E-state index >= 15 is 0 Å². The van der Waals surface area contributed by atoms with Crippen LogP contribution in [0.15, 0.2) is 30.2 Å². The van der Waals surface area contributed by atoms with Gasteiger partial charge in [0.1, 0.15) is 0 Å². The number of hydrogen-bond acceptors (Lipinski definition) is 3. The van der Waals surface area contributed by atoms with Crippen molar-refractivity contribution in [2.45, 2.75) is 13.8 Å². The highest BCUT2D eigenvalue weighted by molar-refractivity contribution is 7.50. The maximum Gasteiger partial charge on any atom is 0.197 e. The van der Waals surface area contributed by atoms with E-state index in [-0.39, 0.29) is 0 Å².